The van der Waals surface area contributed by atoms with Gasteiger partial charge in [-0.05, 0) is 12.8 Å². The van der Waals surface area contributed by atoms with Gasteiger partial charge < -0.3 is 14.6 Å². The van der Waals surface area contributed by atoms with E-state index in [1.165, 1.54) is 0 Å². The first kappa shape index (κ1) is 11.5. The molecular formula is C11H18O3. The van der Waals surface area contributed by atoms with Gasteiger partial charge in [-0.25, -0.2) is 0 Å². The second-order valence-electron chi connectivity index (χ2n) is 3.81. The van der Waals surface area contributed by atoms with Crippen molar-refractivity contribution in [3.05, 3.63) is 0 Å². The van der Waals surface area contributed by atoms with Crippen molar-refractivity contribution in [2.24, 2.45) is 5.41 Å². The molecule has 1 N–H and O–H groups in total. The van der Waals surface area contributed by atoms with Gasteiger partial charge in [0.15, 0.2) is 0 Å². The molecule has 1 saturated carbocycles. The Morgan fingerprint density at radius 2 is 2.36 bits per heavy atom. The molecule has 0 aliphatic heterocycles. The Labute approximate surface area is 85.4 Å². The van der Waals surface area contributed by atoms with Crippen molar-refractivity contribution in [2.45, 2.75) is 38.4 Å². The predicted molar refractivity (Wildman–Crippen MR) is 53.5 cm³/mol. The first-order valence-electron chi connectivity index (χ1n) is 4.95. The van der Waals surface area contributed by atoms with Gasteiger partial charge in [0.1, 0.15) is 6.79 Å². The van der Waals surface area contributed by atoms with Crippen LogP contribution in [0.2, 0.25) is 0 Å². The van der Waals surface area contributed by atoms with E-state index in [9.17, 15) is 5.11 Å². The van der Waals surface area contributed by atoms with Crippen molar-refractivity contribution in [2.75, 3.05) is 13.9 Å². The van der Waals surface area contributed by atoms with Crippen LogP contribution in [0.5, 0.6) is 0 Å². The highest BCUT2D eigenvalue weighted by atomic mass is 16.7. The van der Waals surface area contributed by atoms with Gasteiger partial charge in [-0.1, -0.05) is 12.8 Å². The molecule has 0 saturated heterocycles. The number of aliphatic hydroxyl groups is 1. The summed E-state index contributed by atoms with van der Waals surface area (Å²) in [5.74, 6) is 2.78. The quantitative estimate of drug-likeness (QED) is 0.544. The number of ether oxygens (including phenoxy) is 2. The van der Waals surface area contributed by atoms with Gasteiger partial charge in [0.05, 0.1) is 17.6 Å². The molecule has 0 radical (unpaired) electrons. The molecule has 0 aromatic carbocycles. The van der Waals surface area contributed by atoms with Crippen LogP contribution in [0.15, 0.2) is 0 Å². The molecule has 80 valence electrons. The lowest BCUT2D eigenvalue weighted by Crippen LogP contribution is -2.30. The molecule has 0 heterocycles. The maximum atomic E-state index is 9.58. The lowest BCUT2D eigenvalue weighted by molar-refractivity contribution is -0.0970. The minimum absolute atomic E-state index is 0.0764. The van der Waals surface area contributed by atoms with Crippen molar-refractivity contribution in [1.82, 2.24) is 0 Å². The molecule has 0 amide bonds. The van der Waals surface area contributed by atoms with Gasteiger partial charge in [0, 0.05) is 13.5 Å². The molecule has 1 rings (SSSR count). The van der Waals surface area contributed by atoms with E-state index in [4.69, 9.17) is 15.9 Å². The van der Waals surface area contributed by atoms with Crippen molar-refractivity contribution in [3.8, 4) is 12.3 Å². The van der Waals surface area contributed by atoms with Crippen LogP contribution in [0.25, 0.3) is 0 Å². The van der Waals surface area contributed by atoms with E-state index in [2.05, 4.69) is 5.92 Å². The summed E-state index contributed by atoms with van der Waals surface area (Å²) in [7, 11) is 1.58. The van der Waals surface area contributed by atoms with Crippen LogP contribution in [-0.2, 0) is 9.47 Å². The van der Waals surface area contributed by atoms with E-state index in [1.807, 2.05) is 6.92 Å². The van der Waals surface area contributed by atoms with Crippen molar-refractivity contribution in [3.63, 3.8) is 0 Å². The van der Waals surface area contributed by atoms with E-state index < -0.39 is 0 Å². The summed E-state index contributed by atoms with van der Waals surface area (Å²) in [6, 6.07) is 0. The Morgan fingerprint density at radius 3 is 2.86 bits per heavy atom. The van der Waals surface area contributed by atoms with Crippen LogP contribution >= 0.6 is 0 Å². The lowest BCUT2D eigenvalue weighted by Gasteiger charge is -2.28. The summed E-state index contributed by atoms with van der Waals surface area (Å²) in [5.41, 5.74) is -0.308. The number of rotatable bonds is 4. The fourth-order valence-electron chi connectivity index (χ4n) is 2.11. The number of hydrogen-bond donors (Lipinski definition) is 1. The van der Waals surface area contributed by atoms with Crippen LogP contribution in [0, 0.1) is 17.8 Å². The Hall–Kier alpha value is -0.560. The van der Waals surface area contributed by atoms with Crippen molar-refractivity contribution >= 4 is 0 Å². The highest BCUT2D eigenvalue weighted by Gasteiger charge is 2.45. The average Bonchev–Trinajstić information content (AvgIpc) is 2.52. The van der Waals surface area contributed by atoms with Crippen LogP contribution in [0.4, 0.5) is 0 Å². The molecule has 14 heavy (non-hydrogen) atoms. The van der Waals surface area contributed by atoms with E-state index in [1.54, 1.807) is 7.11 Å². The molecule has 0 aromatic rings. The zero-order valence-corrected chi connectivity index (χ0v) is 8.82. The third-order valence-electron chi connectivity index (χ3n) is 3.01. The summed E-state index contributed by atoms with van der Waals surface area (Å²) >= 11 is 0. The molecule has 3 atom stereocenters. The minimum atomic E-state index is -0.340. The van der Waals surface area contributed by atoms with Crippen molar-refractivity contribution < 1.29 is 14.6 Å². The van der Waals surface area contributed by atoms with Gasteiger partial charge in [0.2, 0.25) is 0 Å². The first-order chi connectivity index (χ1) is 6.68. The van der Waals surface area contributed by atoms with Gasteiger partial charge >= 0.3 is 0 Å². The SMILES string of the molecule is C#C[C@]1(CC)C[C@@H](O)C[C@@H]1OCOC. The third kappa shape index (κ3) is 2.09. The molecule has 1 aliphatic rings. The average molecular weight is 198 g/mol. The zero-order valence-electron chi connectivity index (χ0n) is 8.82. The number of aliphatic hydroxyl groups excluding tert-OH is 1. The normalized spacial score (nSPS) is 37.0. The molecular weight excluding hydrogens is 180 g/mol. The van der Waals surface area contributed by atoms with E-state index in [0.29, 0.717) is 12.8 Å². The molecule has 0 unspecified atom stereocenters. The highest BCUT2D eigenvalue weighted by Crippen LogP contribution is 2.42. The van der Waals surface area contributed by atoms with Crippen molar-refractivity contribution in [1.29, 1.82) is 0 Å². The van der Waals surface area contributed by atoms with Gasteiger partial charge in [-0.2, -0.15) is 0 Å². The minimum Gasteiger partial charge on any atom is -0.393 e. The molecule has 0 aromatic heterocycles. The second kappa shape index (κ2) is 4.79. The molecule has 1 aliphatic carbocycles. The summed E-state index contributed by atoms with van der Waals surface area (Å²) in [6.07, 6.45) is 7.18. The fourth-order valence-corrected chi connectivity index (χ4v) is 2.11. The largest absolute Gasteiger partial charge is 0.393 e. The van der Waals surface area contributed by atoms with Crippen LogP contribution in [0.3, 0.4) is 0 Å². The zero-order chi connectivity index (χ0) is 10.6. The van der Waals surface area contributed by atoms with E-state index >= 15 is 0 Å². The molecule has 1 fully saturated rings. The summed E-state index contributed by atoms with van der Waals surface area (Å²) in [6.45, 7) is 2.27. The summed E-state index contributed by atoms with van der Waals surface area (Å²) in [5, 5.41) is 9.58. The number of hydrogen-bond acceptors (Lipinski definition) is 3. The molecule has 0 bridgehead atoms. The number of methoxy groups -OCH3 is 1. The highest BCUT2D eigenvalue weighted by molar-refractivity contribution is 5.14. The number of terminal acetylenes is 1. The summed E-state index contributed by atoms with van der Waals surface area (Å²) in [4.78, 5) is 0. The van der Waals surface area contributed by atoms with Gasteiger partial charge in [0.25, 0.3) is 0 Å². The fraction of sp³-hybridized carbons (Fsp3) is 0.818. The van der Waals surface area contributed by atoms with E-state index in [0.717, 1.165) is 6.42 Å². The predicted octanol–water partition coefficient (Wildman–Crippen LogP) is 1.16. The third-order valence-corrected chi connectivity index (χ3v) is 3.01. The standard InChI is InChI=1S/C11H18O3/c1-4-11(5-2)7-9(12)6-10(11)14-8-13-3/h1,9-10,12H,5-8H2,2-3H3/t9-,10-,11-/m0/s1. The second-order valence-corrected chi connectivity index (χ2v) is 3.81. The Balaban J connectivity index is 2.66. The Bertz CT molecular complexity index is 221. The summed E-state index contributed by atoms with van der Waals surface area (Å²) < 4.78 is 10.3. The maximum Gasteiger partial charge on any atom is 0.146 e. The maximum absolute atomic E-state index is 9.58. The van der Waals surface area contributed by atoms with E-state index in [-0.39, 0.29) is 24.4 Å². The molecule has 3 heteroatoms. The van der Waals surface area contributed by atoms with Crippen LogP contribution in [-0.4, -0.2) is 31.2 Å². The Morgan fingerprint density at radius 1 is 1.64 bits per heavy atom. The van der Waals surface area contributed by atoms with Gasteiger partial charge in [-0.15, -0.1) is 6.42 Å². The van der Waals surface area contributed by atoms with Gasteiger partial charge in [-0.3, -0.25) is 0 Å². The van der Waals surface area contributed by atoms with Crippen LogP contribution in [0.1, 0.15) is 26.2 Å². The monoisotopic (exact) mass is 198 g/mol. The lowest BCUT2D eigenvalue weighted by atomic mass is 9.82. The molecule has 0 spiro atoms. The van der Waals surface area contributed by atoms with Crippen LogP contribution < -0.4 is 0 Å². The Kier molecular flexibility index (Phi) is 3.94. The first-order valence-corrected chi connectivity index (χ1v) is 4.95. The smallest absolute Gasteiger partial charge is 0.146 e. The molecule has 3 nitrogen and oxygen atoms in total. The topological polar surface area (TPSA) is 38.7 Å².